The van der Waals surface area contributed by atoms with Gasteiger partial charge in [-0.25, -0.2) is 4.98 Å². The number of hydrogen-bond acceptors (Lipinski definition) is 4. The van der Waals surface area contributed by atoms with E-state index in [0.717, 1.165) is 24.4 Å². The highest BCUT2D eigenvalue weighted by Gasteiger charge is 2.04. The van der Waals surface area contributed by atoms with Crippen LogP contribution in [0.15, 0.2) is 28.2 Å². The van der Waals surface area contributed by atoms with Gasteiger partial charge in [0, 0.05) is 11.3 Å². The maximum absolute atomic E-state index is 5.43. The molecule has 0 aliphatic heterocycles. The van der Waals surface area contributed by atoms with Crippen LogP contribution in [0.2, 0.25) is 0 Å². The van der Waals surface area contributed by atoms with E-state index in [4.69, 9.17) is 10.2 Å². The molecule has 2 N–H and O–H groups in total. The first-order valence-corrected chi connectivity index (χ1v) is 5.42. The normalized spacial score (nSPS) is 10.6. The third kappa shape index (κ3) is 2.21. The Kier molecular flexibility index (Phi) is 2.96. The first kappa shape index (κ1) is 9.43. The largest absolute Gasteiger partial charge is 0.448 e. The Morgan fingerprint density at radius 2 is 2.43 bits per heavy atom. The minimum atomic E-state index is 0.616. The van der Waals surface area contributed by atoms with Crippen LogP contribution < -0.4 is 5.73 Å². The Morgan fingerprint density at radius 3 is 3.14 bits per heavy atom. The van der Waals surface area contributed by atoms with Gasteiger partial charge in [0.2, 0.25) is 0 Å². The van der Waals surface area contributed by atoms with Gasteiger partial charge in [-0.3, -0.25) is 0 Å². The second-order valence-corrected chi connectivity index (χ2v) is 4.06. The highest BCUT2D eigenvalue weighted by molar-refractivity contribution is 7.09. The lowest BCUT2D eigenvalue weighted by molar-refractivity contribution is 0.507. The van der Waals surface area contributed by atoms with Gasteiger partial charge in [-0.05, 0) is 18.0 Å². The molecule has 3 nitrogen and oxygen atoms in total. The molecule has 0 saturated carbocycles. The van der Waals surface area contributed by atoms with Crippen molar-refractivity contribution in [3.63, 3.8) is 0 Å². The SMILES string of the molecule is NCCc1coc(Cc2cccs2)n1. The Bertz CT molecular complexity index is 380. The van der Waals surface area contributed by atoms with Gasteiger partial charge in [0.25, 0.3) is 0 Å². The van der Waals surface area contributed by atoms with E-state index in [1.165, 1.54) is 4.88 Å². The van der Waals surface area contributed by atoms with Gasteiger partial charge in [-0.1, -0.05) is 6.07 Å². The van der Waals surface area contributed by atoms with Crippen molar-refractivity contribution < 1.29 is 4.42 Å². The summed E-state index contributed by atoms with van der Waals surface area (Å²) in [5, 5.41) is 2.05. The van der Waals surface area contributed by atoms with Crippen molar-refractivity contribution >= 4 is 11.3 Å². The Balaban J connectivity index is 2.03. The summed E-state index contributed by atoms with van der Waals surface area (Å²) in [6.45, 7) is 0.616. The highest BCUT2D eigenvalue weighted by Crippen LogP contribution is 2.14. The van der Waals surface area contributed by atoms with Crippen LogP contribution in [-0.2, 0) is 12.8 Å². The van der Waals surface area contributed by atoms with Crippen molar-refractivity contribution in [3.05, 3.63) is 40.2 Å². The zero-order chi connectivity index (χ0) is 9.80. The molecule has 0 saturated heterocycles. The zero-order valence-electron chi connectivity index (χ0n) is 7.77. The molecule has 0 atom stereocenters. The van der Waals surface area contributed by atoms with E-state index in [2.05, 4.69) is 16.4 Å². The quantitative estimate of drug-likeness (QED) is 0.834. The first-order valence-electron chi connectivity index (χ1n) is 4.54. The Labute approximate surface area is 86.6 Å². The molecule has 0 amide bonds. The third-order valence-corrected chi connectivity index (χ3v) is 2.78. The Morgan fingerprint density at radius 1 is 1.50 bits per heavy atom. The number of nitrogens with zero attached hydrogens (tertiary/aromatic N) is 1. The molecule has 0 spiro atoms. The van der Waals surface area contributed by atoms with Crippen molar-refractivity contribution in [2.24, 2.45) is 5.73 Å². The summed E-state index contributed by atoms with van der Waals surface area (Å²) in [6, 6.07) is 4.11. The van der Waals surface area contributed by atoms with Crippen LogP contribution in [0.3, 0.4) is 0 Å². The summed E-state index contributed by atoms with van der Waals surface area (Å²) in [5.41, 5.74) is 6.37. The fourth-order valence-corrected chi connectivity index (χ4v) is 1.95. The summed E-state index contributed by atoms with van der Waals surface area (Å²) in [6.07, 6.45) is 3.26. The summed E-state index contributed by atoms with van der Waals surface area (Å²) in [5.74, 6) is 0.774. The lowest BCUT2D eigenvalue weighted by Gasteiger charge is -1.89. The van der Waals surface area contributed by atoms with Crippen molar-refractivity contribution in [1.82, 2.24) is 4.98 Å². The molecule has 2 rings (SSSR count). The Hall–Kier alpha value is -1.13. The second-order valence-electron chi connectivity index (χ2n) is 3.03. The van der Waals surface area contributed by atoms with Crippen LogP contribution >= 0.6 is 11.3 Å². The number of hydrogen-bond donors (Lipinski definition) is 1. The monoisotopic (exact) mass is 208 g/mol. The predicted molar refractivity (Wildman–Crippen MR) is 56.4 cm³/mol. The molecule has 74 valence electrons. The minimum absolute atomic E-state index is 0.616. The summed E-state index contributed by atoms with van der Waals surface area (Å²) in [4.78, 5) is 5.60. The fraction of sp³-hybridized carbons (Fsp3) is 0.300. The van der Waals surface area contributed by atoms with E-state index < -0.39 is 0 Å². The molecule has 0 radical (unpaired) electrons. The fourth-order valence-electron chi connectivity index (χ4n) is 1.26. The molecule has 0 aromatic carbocycles. The second kappa shape index (κ2) is 4.39. The van der Waals surface area contributed by atoms with E-state index in [1.807, 2.05) is 6.07 Å². The van der Waals surface area contributed by atoms with E-state index in [1.54, 1.807) is 17.6 Å². The van der Waals surface area contributed by atoms with Crippen molar-refractivity contribution in [2.75, 3.05) is 6.54 Å². The van der Waals surface area contributed by atoms with E-state index in [-0.39, 0.29) is 0 Å². The molecule has 0 aliphatic carbocycles. The van der Waals surface area contributed by atoms with Gasteiger partial charge in [-0.15, -0.1) is 11.3 Å². The minimum Gasteiger partial charge on any atom is -0.448 e. The van der Waals surface area contributed by atoms with E-state index in [0.29, 0.717) is 6.54 Å². The first-order chi connectivity index (χ1) is 6.88. The number of aromatic nitrogens is 1. The molecule has 2 heterocycles. The average molecular weight is 208 g/mol. The van der Waals surface area contributed by atoms with Gasteiger partial charge in [0.05, 0.1) is 12.1 Å². The van der Waals surface area contributed by atoms with Crippen LogP contribution in [0.5, 0.6) is 0 Å². The van der Waals surface area contributed by atoms with Gasteiger partial charge >= 0.3 is 0 Å². The summed E-state index contributed by atoms with van der Waals surface area (Å²) in [7, 11) is 0. The number of rotatable bonds is 4. The van der Waals surface area contributed by atoms with Gasteiger partial charge in [0.15, 0.2) is 5.89 Å². The van der Waals surface area contributed by atoms with Crippen LogP contribution in [0.4, 0.5) is 0 Å². The smallest absolute Gasteiger partial charge is 0.199 e. The molecule has 0 bridgehead atoms. The third-order valence-electron chi connectivity index (χ3n) is 1.91. The summed E-state index contributed by atoms with van der Waals surface area (Å²) >= 11 is 1.72. The molecular weight excluding hydrogens is 196 g/mol. The number of nitrogens with two attached hydrogens (primary N) is 1. The van der Waals surface area contributed by atoms with Crippen molar-refractivity contribution in [1.29, 1.82) is 0 Å². The van der Waals surface area contributed by atoms with Crippen LogP contribution in [0.1, 0.15) is 16.5 Å². The molecule has 4 heteroatoms. The highest BCUT2D eigenvalue weighted by atomic mass is 32.1. The maximum Gasteiger partial charge on any atom is 0.199 e. The van der Waals surface area contributed by atoms with Crippen LogP contribution in [0.25, 0.3) is 0 Å². The predicted octanol–water partition coefficient (Wildman–Crippen LogP) is 1.83. The maximum atomic E-state index is 5.43. The molecule has 14 heavy (non-hydrogen) atoms. The van der Waals surface area contributed by atoms with E-state index >= 15 is 0 Å². The van der Waals surface area contributed by atoms with E-state index in [9.17, 15) is 0 Å². The van der Waals surface area contributed by atoms with Crippen molar-refractivity contribution in [3.8, 4) is 0 Å². The van der Waals surface area contributed by atoms with Gasteiger partial charge < -0.3 is 10.2 Å². The molecule has 0 aliphatic rings. The van der Waals surface area contributed by atoms with Crippen molar-refractivity contribution in [2.45, 2.75) is 12.8 Å². The van der Waals surface area contributed by atoms with Crippen LogP contribution in [-0.4, -0.2) is 11.5 Å². The lowest BCUT2D eigenvalue weighted by Crippen LogP contribution is -2.02. The lowest BCUT2D eigenvalue weighted by atomic mass is 10.3. The standard InChI is InChI=1S/C10H12N2OS/c11-4-3-8-7-13-10(12-8)6-9-2-1-5-14-9/h1-2,5,7H,3-4,6,11H2. The summed E-state index contributed by atoms with van der Waals surface area (Å²) < 4.78 is 5.33. The molecule has 0 fully saturated rings. The zero-order valence-corrected chi connectivity index (χ0v) is 8.59. The molecule has 0 unspecified atom stereocenters. The molecule has 2 aromatic heterocycles. The molecule has 2 aromatic rings. The topological polar surface area (TPSA) is 52.0 Å². The number of oxazole rings is 1. The van der Waals surface area contributed by atoms with Crippen LogP contribution in [0, 0.1) is 0 Å². The molecular formula is C10H12N2OS. The number of thiophene rings is 1. The average Bonchev–Trinajstić information content (AvgIpc) is 2.79. The van der Waals surface area contributed by atoms with Gasteiger partial charge in [0.1, 0.15) is 6.26 Å². The van der Waals surface area contributed by atoms with Gasteiger partial charge in [-0.2, -0.15) is 0 Å².